The van der Waals surface area contributed by atoms with Crippen LogP contribution in [0.25, 0.3) is 16.0 Å². The van der Waals surface area contributed by atoms with Crippen LogP contribution in [0.2, 0.25) is 0 Å². The lowest BCUT2D eigenvalue weighted by Crippen LogP contribution is -2.31. The Bertz CT molecular complexity index is 2850. The molecule has 0 atom stereocenters. The van der Waals surface area contributed by atoms with E-state index in [1.807, 2.05) is 30.3 Å². The van der Waals surface area contributed by atoms with Gasteiger partial charge >= 0.3 is 5.97 Å². The Morgan fingerprint density at radius 2 is 1.50 bits per heavy atom. The van der Waals surface area contributed by atoms with Crippen molar-refractivity contribution in [3.63, 3.8) is 0 Å². The van der Waals surface area contributed by atoms with Crippen molar-refractivity contribution in [3.05, 3.63) is 167 Å². The standard InChI is InChI=1S/C45H39N9O8S2/c1-7-60-42(55)30-54(31(3)62-61-8-2)45-34(11-9-13-36(25-46)43(38(27-48)28-49)32-17-21-39(22-18-32)52-63(5,56)57)15-16-35(45)12-10-14-37(26-47)44(41(29-50)51-4)33-19-23-40(24-20-33)53-64(6,58)59/h8-14,17-24,38,52-53H,2-3,7,15-16,30H2,1,5-6H3. The smallest absolute Gasteiger partial charge is 0.326 e. The summed E-state index contributed by atoms with van der Waals surface area (Å²) in [7, 11) is -7.20. The second kappa shape index (κ2) is 23.4. The van der Waals surface area contributed by atoms with Gasteiger partial charge in [-0.3, -0.25) is 28.9 Å². The predicted molar refractivity (Wildman–Crippen MR) is 237 cm³/mol. The number of nitrogens with zero attached hydrogens (tertiary/aromatic N) is 7. The van der Waals surface area contributed by atoms with E-state index in [9.17, 15) is 47.9 Å². The second-order valence-electron chi connectivity index (χ2n) is 13.1. The Hall–Kier alpha value is -8.59. The summed E-state index contributed by atoms with van der Waals surface area (Å²) in [6.45, 7) is 16.2. The minimum atomic E-state index is -3.60. The van der Waals surface area contributed by atoms with Crippen molar-refractivity contribution in [1.29, 1.82) is 26.3 Å². The van der Waals surface area contributed by atoms with Crippen LogP contribution in [0.1, 0.15) is 30.9 Å². The Balaban J connectivity index is 2.27. The summed E-state index contributed by atoms with van der Waals surface area (Å²) in [6.07, 6.45) is 12.7. The van der Waals surface area contributed by atoms with Gasteiger partial charge < -0.3 is 4.74 Å². The molecule has 1 aliphatic rings. The Morgan fingerprint density at radius 1 is 0.906 bits per heavy atom. The highest BCUT2D eigenvalue weighted by Crippen LogP contribution is 2.38. The van der Waals surface area contributed by atoms with Crippen LogP contribution in [-0.2, 0) is 39.4 Å². The SMILES string of the molecule is [C-]#[N+]C(C#N)=C(C(C#N)=CC=CC1=C(N(CC(=O)OCC)C(=C)OOC=C)C(=CC=CC(C#N)=C(c2ccc(NS(C)(=O)=O)cc2)C(C#N)C#N)CC1)c1ccc(NS(C)(=O)=O)cc1. The van der Waals surface area contributed by atoms with Crippen molar-refractivity contribution < 1.29 is 36.1 Å². The van der Waals surface area contributed by atoms with E-state index in [1.165, 1.54) is 77.7 Å². The largest absolute Gasteiger partial charge is 0.465 e. The number of sulfonamides is 2. The third-order valence-electron chi connectivity index (χ3n) is 8.55. The van der Waals surface area contributed by atoms with Gasteiger partial charge in [-0.05, 0) is 85.0 Å². The third kappa shape index (κ3) is 14.3. The minimum absolute atomic E-state index is 0.00791. The average molecular weight is 898 g/mol. The van der Waals surface area contributed by atoms with E-state index < -0.39 is 44.2 Å². The number of carbonyl (C=O) groups excluding carboxylic acids is 1. The zero-order chi connectivity index (χ0) is 47.5. The van der Waals surface area contributed by atoms with Gasteiger partial charge in [0.25, 0.3) is 5.70 Å². The van der Waals surface area contributed by atoms with E-state index in [2.05, 4.69) is 27.4 Å². The molecule has 64 heavy (non-hydrogen) atoms. The number of benzene rings is 2. The lowest BCUT2D eigenvalue weighted by atomic mass is 9.90. The van der Waals surface area contributed by atoms with E-state index in [-0.39, 0.29) is 51.7 Å². The summed E-state index contributed by atoms with van der Waals surface area (Å²) in [6, 6.07) is 21.2. The highest BCUT2D eigenvalue weighted by molar-refractivity contribution is 7.92. The Labute approximate surface area is 372 Å². The quantitative estimate of drug-likeness (QED) is 0.0253. The summed E-state index contributed by atoms with van der Waals surface area (Å²) < 4.78 is 56.8. The zero-order valence-electron chi connectivity index (χ0n) is 34.7. The monoisotopic (exact) mass is 897 g/mol. The fourth-order valence-electron chi connectivity index (χ4n) is 6.07. The summed E-state index contributed by atoms with van der Waals surface area (Å²) in [5.41, 5.74) is 2.09. The summed E-state index contributed by atoms with van der Waals surface area (Å²) >= 11 is 0. The first-order valence-electron chi connectivity index (χ1n) is 18.5. The Morgan fingerprint density at radius 3 is 1.98 bits per heavy atom. The molecule has 0 aromatic heterocycles. The molecule has 19 heteroatoms. The van der Waals surface area contributed by atoms with Gasteiger partial charge in [-0.2, -0.15) is 21.0 Å². The molecule has 0 bridgehead atoms. The first-order valence-corrected chi connectivity index (χ1v) is 22.3. The lowest BCUT2D eigenvalue weighted by Gasteiger charge is -2.26. The molecule has 2 aromatic carbocycles. The molecular formula is C45H39N9O8S2. The molecule has 0 aliphatic heterocycles. The fraction of sp³-hybridized carbons (Fsp3) is 0.178. The number of hydrogen-bond donors (Lipinski definition) is 2. The second-order valence-corrected chi connectivity index (χ2v) is 16.6. The first-order chi connectivity index (χ1) is 30.5. The molecule has 0 unspecified atom stereocenters. The first kappa shape index (κ1) is 49.8. The molecule has 3 rings (SSSR count). The van der Waals surface area contributed by atoms with Gasteiger partial charge in [0.05, 0.1) is 72.9 Å². The number of esters is 1. The molecule has 0 amide bonds. The number of rotatable bonds is 20. The van der Waals surface area contributed by atoms with Crippen LogP contribution in [0.4, 0.5) is 11.4 Å². The molecule has 0 spiro atoms. The summed E-state index contributed by atoms with van der Waals surface area (Å²) in [5, 5.41) is 50.1. The van der Waals surface area contributed by atoms with Crippen LogP contribution in [-0.4, -0.2) is 53.4 Å². The van der Waals surface area contributed by atoms with Gasteiger partial charge in [-0.1, -0.05) is 55.1 Å². The van der Waals surface area contributed by atoms with Crippen molar-refractivity contribution in [2.45, 2.75) is 19.8 Å². The molecule has 0 fully saturated rings. The average Bonchev–Trinajstić information content (AvgIpc) is 3.65. The van der Waals surface area contributed by atoms with Crippen molar-refractivity contribution in [2.24, 2.45) is 5.92 Å². The van der Waals surface area contributed by atoms with Crippen molar-refractivity contribution in [2.75, 3.05) is 35.1 Å². The highest BCUT2D eigenvalue weighted by atomic mass is 32.2. The van der Waals surface area contributed by atoms with E-state index in [4.69, 9.17) is 21.1 Å². The Kier molecular flexibility index (Phi) is 18.2. The molecule has 0 radical (unpaired) electrons. The van der Waals surface area contributed by atoms with Crippen molar-refractivity contribution in [3.8, 4) is 30.3 Å². The minimum Gasteiger partial charge on any atom is -0.465 e. The highest BCUT2D eigenvalue weighted by Gasteiger charge is 2.29. The molecule has 0 heterocycles. The molecule has 1 aliphatic carbocycles. The zero-order valence-corrected chi connectivity index (χ0v) is 36.3. The number of nitrogens with one attached hydrogen (secondary N) is 2. The number of carbonyl (C=O) groups is 1. The van der Waals surface area contributed by atoms with E-state index in [0.29, 0.717) is 35.2 Å². The summed E-state index contributed by atoms with van der Waals surface area (Å²) in [5.74, 6) is -2.21. The van der Waals surface area contributed by atoms with Gasteiger partial charge in [0.15, 0.2) is 5.92 Å². The van der Waals surface area contributed by atoms with Crippen LogP contribution < -0.4 is 9.44 Å². The molecule has 324 valence electrons. The van der Waals surface area contributed by atoms with Crippen molar-refractivity contribution in [1.82, 2.24) is 4.90 Å². The number of anilines is 2. The summed E-state index contributed by atoms with van der Waals surface area (Å²) in [4.78, 5) is 27.9. The van der Waals surface area contributed by atoms with Gasteiger partial charge in [0, 0.05) is 22.5 Å². The predicted octanol–water partition coefficient (Wildman–Crippen LogP) is 7.19. The van der Waals surface area contributed by atoms with Crippen molar-refractivity contribution >= 4 is 48.5 Å². The molecule has 0 saturated heterocycles. The van der Waals surface area contributed by atoms with Crippen LogP contribution in [0.3, 0.4) is 0 Å². The van der Waals surface area contributed by atoms with E-state index >= 15 is 0 Å². The van der Waals surface area contributed by atoms with Crippen LogP contribution >= 0.6 is 0 Å². The van der Waals surface area contributed by atoms with E-state index in [1.54, 1.807) is 19.1 Å². The van der Waals surface area contributed by atoms with Gasteiger partial charge in [-0.25, -0.2) is 26.9 Å². The molecule has 17 nitrogen and oxygen atoms in total. The molecular weight excluding hydrogens is 859 g/mol. The van der Waals surface area contributed by atoms with Crippen LogP contribution in [0.15, 0.2) is 144 Å². The van der Waals surface area contributed by atoms with Crippen LogP contribution in [0.5, 0.6) is 0 Å². The maximum Gasteiger partial charge on any atom is 0.326 e. The van der Waals surface area contributed by atoms with E-state index in [0.717, 1.165) is 18.8 Å². The van der Waals surface area contributed by atoms with Crippen LogP contribution in [0, 0.1) is 69.1 Å². The lowest BCUT2D eigenvalue weighted by molar-refractivity contribution is -0.228. The normalized spacial score (nSPS) is 14.2. The topological polar surface area (TPSA) is 264 Å². The number of nitriles is 5. The molecule has 0 saturated carbocycles. The molecule has 2 aromatic rings. The third-order valence-corrected chi connectivity index (χ3v) is 9.76. The number of allylic oxidation sites excluding steroid dienone is 13. The number of hydrogen-bond acceptors (Lipinski definition) is 14. The maximum absolute atomic E-state index is 13.0. The van der Waals surface area contributed by atoms with Gasteiger partial charge in [-0.15, -0.1) is 0 Å². The van der Waals surface area contributed by atoms with Gasteiger partial charge in [0.1, 0.15) is 12.8 Å². The van der Waals surface area contributed by atoms with Gasteiger partial charge in [0.2, 0.25) is 25.9 Å². The fourth-order valence-corrected chi connectivity index (χ4v) is 7.20. The molecule has 2 N–H and O–H groups in total. The maximum atomic E-state index is 13.0. The number of ether oxygens (including phenoxy) is 1.